The summed E-state index contributed by atoms with van der Waals surface area (Å²) in [6.45, 7) is 6.87. The molecule has 0 heterocycles. The average molecular weight is 180 g/mol. The molecular weight excluding hydrogens is 162 g/mol. The molecule has 1 N–H and O–H groups in total. The molecule has 4 heteroatoms. The van der Waals surface area contributed by atoms with E-state index >= 15 is 0 Å². The zero-order chi connectivity index (χ0) is 9.40. The highest BCUT2D eigenvalue weighted by atomic mass is 19.3. The van der Waals surface area contributed by atoms with E-state index in [1.165, 1.54) is 0 Å². The van der Waals surface area contributed by atoms with Crippen LogP contribution in [0.2, 0.25) is 0 Å². The summed E-state index contributed by atoms with van der Waals surface area (Å²) in [6.07, 6.45) is -2.22. The molecule has 12 heavy (non-hydrogen) atoms. The Balaban J connectivity index is 3.39. The van der Waals surface area contributed by atoms with Gasteiger partial charge in [0.25, 0.3) is 6.43 Å². The van der Waals surface area contributed by atoms with Crippen molar-refractivity contribution in [3.63, 3.8) is 0 Å². The monoisotopic (exact) mass is 180 g/mol. The van der Waals surface area contributed by atoms with E-state index in [1.807, 2.05) is 13.8 Å². The molecule has 0 aromatic rings. The molecular formula is C8H18F2N2. The third-order valence-corrected chi connectivity index (χ3v) is 1.70. The first-order valence-electron chi connectivity index (χ1n) is 4.41. The number of rotatable bonds is 7. The minimum absolute atomic E-state index is 0.109. The molecule has 0 amide bonds. The van der Waals surface area contributed by atoms with Crippen LogP contribution in [0.1, 0.15) is 13.8 Å². The van der Waals surface area contributed by atoms with E-state index < -0.39 is 6.43 Å². The predicted octanol–water partition coefficient (Wildman–Crippen LogP) is 1.18. The van der Waals surface area contributed by atoms with Crippen molar-refractivity contribution < 1.29 is 8.78 Å². The van der Waals surface area contributed by atoms with Gasteiger partial charge in [0, 0.05) is 13.1 Å². The van der Waals surface area contributed by atoms with E-state index in [1.54, 1.807) is 4.90 Å². The van der Waals surface area contributed by atoms with Crippen LogP contribution in [0, 0.1) is 0 Å². The molecule has 0 aliphatic carbocycles. The lowest BCUT2D eigenvalue weighted by Gasteiger charge is -2.19. The first-order chi connectivity index (χ1) is 5.70. The normalized spacial score (nSPS) is 11.5. The number of likely N-dealkylation sites (N-methyl/N-ethyl adjacent to an activating group) is 2. The summed E-state index contributed by atoms with van der Waals surface area (Å²) >= 11 is 0. The van der Waals surface area contributed by atoms with Gasteiger partial charge < -0.3 is 5.32 Å². The van der Waals surface area contributed by atoms with Crippen LogP contribution < -0.4 is 5.32 Å². The zero-order valence-corrected chi connectivity index (χ0v) is 7.82. The van der Waals surface area contributed by atoms with E-state index in [9.17, 15) is 8.78 Å². The average Bonchev–Trinajstić information content (AvgIpc) is 2.02. The summed E-state index contributed by atoms with van der Waals surface area (Å²) < 4.78 is 23.8. The highest BCUT2D eigenvalue weighted by molar-refractivity contribution is 4.58. The third-order valence-electron chi connectivity index (χ3n) is 1.70. The maximum absolute atomic E-state index is 11.9. The molecule has 0 aliphatic rings. The number of halogens is 2. The van der Waals surface area contributed by atoms with Crippen molar-refractivity contribution in [2.75, 3.05) is 32.7 Å². The Morgan fingerprint density at radius 2 is 2.00 bits per heavy atom. The second-order valence-electron chi connectivity index (χ2n) is 2.64. The fraction of sp³-hybridized carbons (Fsp3) is 1.00. The SMILES string of the molecule is CCNCCN(CC)CC(F)F. The first kappa shape index (κ1) is 11.8. The van der Waals surface area contributed by atoms with E-state index in [-0.39, 0.29) is 6.54 Å². The van der Waals surface area contributed by atoms with Crippen LogP contribution in [0.25, 0.3) is 0 Å². The summed E-state index contributed by atoms with van der Waals surface area (Å²) in [5.41, 5.74) is 0. The summed E-state index contributed by atoms with van der Waals surface area (Å²) in [5, 5.41) is 3.10. The summed E-state index contributed by atoms with van der Waals surface area (Å²) in [7, 11) is 0. The fourth-order valence-corrected chi connectivity index (χ4v) is 0.988. The Morgan fingerprint density at radius 3 is 2.42 bits per heavy atom. The van der Waals surface area contributed by atoms with Gasteiger partial charge in [-0.3, -0.25) is 4.90 Å². The van der Waals surface area contributed by atoms with E-state index in [4.69, 9.17) is 0 Å². The molecule has 0 aliphatic heterocycles. The quantitative estimate of drug-likeness (QED) is 0.592. The lowest BCUT2D eigenvalue weighted by atomic mass is 10.4. The second-order valence-corrected chi connectivity index (χ2v) is 2.64. The van der Waals surface area contributed by atoms with Crippen LogP contribution in [0.3, 0.4) is 0 Å². The van der Waals surface area contributed by atoms with Crippen LogP contribution in [-0.2, 0) is 0 Å². The van der Waals surface area contributed by atoms with Gasteiger partial charge in [-0.05, 0) is 13.1 Å². The predicted molar refractivity (Wildman–Crippen MR) is 46.7 cm³/mol. The molecule has 0 saturated carbocycles. The number of nitrogens with zero attached hydrogens (tertiary/aromatic N) is 1. The Morgan fingerprint density at radius 1 is 1.33 bits per heavy atom. The maximum atomic E-state index is 11.9. The smallest absolute Gasteiger partial charge is 0.251 e. The number of alkyl halides is 2. The first-order valence-corrected chi connectivity index (χ1v) is 4.41. The zero-order valence-electron chi connectivity index (χ0n) is 7.82. The van der Waals surface area contributed by atoms with Gasteiger partial charge in [-0.1, -0.05) is 13.8 Å². The van der Waals surface area contributed by atoms with Gasteiger partial charge in [0.2, 0.25) is 0 Å². The molecule has 74 valence electrons. The molecule has 0 radical (unpaired) electrons. The summed E-state index contributed by atoms with van der Waals surface area (Å²) in [4.78, 5) is 1.74. The molecule has 0 saturated heterocycles. The molecule has 0 bridgehead atoms. The van der Waals surface area contributed by atoms with Gasteiger partial charge in [-0.25, -0.2) is 8.78 Å². The van der Waals surface area contributed by atoms with Crippen LogP contribution >= 0.6 is 0 Å². The highest BCUT2D eigenvalue weighted by Gasteiger charge is 2.08. The molecule has 0 aromatic heterocycles. The lowest BCUT2D eigenvalue weighted by Crippen LogP contribution is -2.35. The van der Waals surface area contributed by atoms with Gasteiger partial charge in [0.15, 0.2) is 0 Å². The minimum atomic E-state index is -2.22. The van der Waals surface area contributed by atoms with Crippen LogP contribution in [-0.4, -0.2) is 44.0 Å². The summed E-state index contributed by atoms with van der Waals surface area (Å²) in [6, 6.07) is 0. The van der Waals surface area contributed by atoms with Crippen molar-refractivity contribution in [2.45, 2.75) is 20.3 Å². The van der Waals surface area contributed by atoms with Gasteiger partial charge >= 0.3 is 0 Å². The van der Waals surface area contributed by atoms with Gasteiger partial charge in [0.1, 0.15) is 0 Å². The van der Waals surface area contributed by atoms with Gasteiger partial charge in [-0.2, -0.15) is 0 Å². The molecule has 0 rings (SSSR count). The van der Waals surface area contributed by atoms with Crippen molar-refractivity contribution in [3.05, 3.63) is 0 Å². The lowest BCUT2D eigenvalue weighted by molar-refractivity contribution is 0.0913. The Labute approximate surface area is 72.9 Å². The van der Waals surface area contributed by atoms with Crippen molar-refractivity contribution >= 4 is 0 Å². The molecule has 0 atom stereocenters. The van der Waals surface area contributed by atoms with E-state index in [2.05, 4.69) is 5.32 Å². The van der Waals surface area contributed by atoms with Crippen LogP contribution in [0.4, 0.5) is 8.78 Å². The Hall–Kier alpha value is -0.220. The molecule has 0 unspecified atom stereocenters. The van der Waals surface area contributed by atoms with Crippen molar-refractivity contribution in [1.29, 1.82) is 0 Å². The maximum Gasteiger partial charge on any atom is 0.251 e. The number of hydrogen-bond acceptors (Lipinski definition) is 2. The topological polar surface area (TPSA) is 15.3 Å². The molecule has 2 nitrogen and oxygen atoms in total. The van der Waals surface area contributed by atoms with E-state index in [0.29, 0.717) is 13.1 Å². The third kappa shape index (κ3) is 6.49. The van der Waals surface area contributed by atoms with Crippen molar-refractivity contribution in [1.82, 2.24) is 10.2 Å². The Bertz CT molecular complexity index is 99.1. The number of hydrogen-bond donors (Lipinski definition) is 1. The Kier molecular flexibility index (Phi) is 7.29. The number of nitrogens with one attached hydrogen (secondary N) is 1. The van der Waals surface area contributed by atoms with Gasteiger partial charge in [-0.15, -0.1) is 0 Å². The summed E-state index contributed by atoms with van der Waals surface area (Å²) in [5.74, 6) is 0. The second kappa shape index (κ2) is 7.43. The standard InChI is InChI=1S/C8H18F2N2/c1-3-11-5-6-12(4-2)7-8(9)10/h8,11H,3-7H2,1-2H3. The van der Waals surface area contributed by atoms with Gasteiger partial charge in [0.05, 0.1) is 6.54 Å². The molecule has 0 spiro atoms. The minimum Gasteiger partial charge on any atom is -0.316 e. The fourth-order valence-electron chi connectivity index (χ4n) is 0.988. The van der Waals surface area contributed by atoms with Crippen LogP contribution in [0.15, 0.2) is 0 Å². The van der Waals surface area contributed by atoms with Crippen molar-refractivity contribution in [3.8, 4) is 0 Å². The van der Waals surface area contributed by atoms with Crippen LogP contribution in [0.5, 0.6) is 0 Å². The molecule has 0 fully saturated rings. The highest BCUT2D eigenvalue weighted by Crippen LogP contribution is 1.96. The molecule has 0 aromatic carbocycles. The van der Waals surface area contributed by atoms with E-state index in [0.717, 1.165) is 13.1 Å². The largest absolute Gasteiger partial charge is 0.316 e. The van der Waals surface area contributed by atoms with Crippen molar-refractivity contribution in [2.24, 2.45) is 0 Å².